The van der Waals surface area contributed by atoms with Gasteiger partial charge in [-0.25, -0.2) is 8.42 Å². The van der Waals surface area contributed by atoms with Gasteiger partial charge in [0.2, 0.25) is 0 Å². The van der Waals surface area contributed by atoms with Gasteiger partial charge in [-0.15, -0.1) is 6.42 Å². The summed E-state index contributed by atoms with van der Waals surface area (Å²) in [7, 11) is -3.23. The van der Waals surface area contributed by atoms with Crippen LogP contribution in [0.3, 0.4) is 0 Å². The van der Waals surface area contributed by atoms with E-state index in [9.17, 15) is 8.42 Å². The zero-order valence-corrected chi connectivity index (χ0v) is 15.1. The molecule has 0 aliphatic heterocycles. The molecule has 3 rings (SSSR count). The van der Waals surface area contributed by atoms with Crippen molar-refractivity contribution in [3.63, 3.8) is 0 Å². The molecule has 25 heavy (non-hydrogen) atoms. The molecule has 1 aliphatic rings. The molecule has 2 aromatic carbocycles. The Morgan fingerprint density at radius 3 is 2.56 bits per heavy atom. The monoisotopic (exact) mass is 353 g/mol. The molecule has 1 atom stereocenters. The van der Waals surface area contributed by atoms with Gasteiger partial charge in [0.15, 0.2) is 9.84 Å². The van der Waals surface area contributed by atoms with E-state index >= 15 is 0 Å². The summed E-state index contributed by atoms with van der Waals surface area (Å²) >= 11 is 0. The molecule has 0 bridgehead atoms. The first-order valence-corrected chi connectivity index (χ1v) is 10.3. The van der Waals surface area contributed by atoms with E-state index in [4.69, 9.17) is 6.42 Å². The lowest BCUT2D eigenvalue weighted by molar-refractivity contribution is 0.223. The predicted molar refractivity (Wildman–Crippen MR) is 101 cm³/mol. The van der Waals surface area contributed by atoms with Gasteiger partial charge in [-0.1, -0.05) is 48.4 Å². The van der Waals surface area contributed by atoms with Crippen molar-refractivity contribution in [1.82, 2.24) is 4.90 Å². The van der Waals surface area contributed by atoms with E-state index in [1.54, 1.807) is 24.3 Å². The molecule has 130 valence electrons. The third-order valence-corrected chi connectivity index (χ3v) is 6.61. The van der Waals surface area contributed by atoms with Crippen molar-refractivity contribution < 1.29 is 8.42 Å². The highest BCUT2D eigenvalue weighted by molar-refractivity contribution is 7.91. The molecule has 0 aromatic heterocycles. The second-order valence-corrected chi connectivity index (χ2v) is 8.52. The quantitative estimate of drug-likeness (QED) is 0.715. The summed E-state index contributed by atoms with van der Waals surface area (Å²) in [5.74, 6) is 2.88. The van der Waals surface area contributed by atoms with Gasteiger partial charge in [0.05, 0.1) is 17.2 Å². The Morgan fingerprint density at radius 2 is 1.80 bits per heavy atom. The molecule has 0 heterocycles. The second kappa shape index (κ2) is 7.86. The van der Waals surface area contributed by atoms with E-state index in [1.807, 2.05) is 6.07 Å². The number of aryl methyl sites for hydroxylation is 1. The van der Waals surface area contributed by atoms with Crippen molar-refractivity contribution in [2.24, 2.45) is 0 Å². The van der Waals surface area contributed by atoms with Crippen molar-refractivity contribution in [1.29, 1.82) is 0 Å². The molecule has 0 saturated carbocycles. The number of hydrogen-bond acceptors (Lipinski definition) is 3. The van der Waals surface area contributed by atoms with E-state index in [0.29, 0.717) is 30.4 Å². The maximum atomic E-state index is 12.4. The van der Waals surface area contributed by atoms with Crippen LogP contribution in [0.2, 0.25) is 0 Å². The lowest BCUT2D eigenvalue weighted by atomic mass is 10.1. The number of benzene rings is 2. The van der Waals surface area contributed by atoms with Gasteiger partial charge in [0.25, 0.3) is 0 Å². The van der Waals surface area contributed by atoms with Crippen LogP contribution in [0, 0.1) is 12.3 Å². The summed E-state index contributed by atoms with van der Waals surface area (Å²) in [4.78, 5) is 2.64. The Bertz CT molecular complexity index is 853. The summed E-state index contributed by atoms with van der Waals surface area (Å²) in [5.41, 5.74) is 2.72. The van der Waals surface area contributed by atoms with Gasteiger partial charge < -0.3 is 0 Å². The van der Waals surface area contributed by atoms with Crippen molar-refractivity contribution in [2.45, 2.75) is 30.2 Å². The number of hydrogen-bond donors (Lipinski definition) is 0. The fourth-order valence-electron chi connectivity index (χ4n) is 3.58. The molecule has 1 aliphatic carbocycles. The molecule has 4 heteroatoms. The van der Waals surface area contributed by atoms with Crippen LogP contribution in [0.5, 0.6) is 0 Å². The van der Waals surface area contributed by atoms with Crippen LogP contribution in [-0.4, -0.2) is 32.2 Å². The molecule has 3 nitrogen and oxygen atoms in total. The smallest absolute Gasteiger partial charge is 0.178 e. The summed E-state index contributed by atoms with van der Waals surface area (Å²) < 4.78 is 24.9. The number of rotatable bonds is 7. The first kappa shape index (κ1) is 17.7. The standard InChI is InChI=1S/C21H23NO2S/c1-2-15-22(21-14-13-18-9-6-7-12-20(18)21)16-8-17-25(23,24)19-10-4-3-5-11-19/h1,3-7,9-12,21H,8,13-17H2. The first-order chi connectivity index (χ1) is 12.1. The minimum absolute atomic E-state index is 0.145. The largest absolute Gasteiger partial charge is 0.285 e. The van der Waals surface area contributed by atoms with Crippen molar-refractivity contribution >= 4 is 9.84 Å². The molecule has 0 saturated heterocycles. The first-order valence-electron chi connectivity index (χ1n) is 8.65. The van der Waals surface area contributed by atoms with E-state index in [-0.39, 0.29) is 5.75 Å². The zero-order valence-electron chi connectivity index (χ0n) is 14.3. The third kappa shape index (κ3) is 4.12. The van der Waals surface area contributed by atoms with E-state index in [2.05, 4.69) is 35.1 Å². The minimum atomic E-state index is -3.23. The SMILES string of the molecule is C#CCN(CCCS(=O)(=O)c1ccccc1)C1CCc2ccccc21. The zero-order chi connectivity index (χ0) is 17.7. The van der Waals surface area contributed by atoms with E-state index in [0.717, 1.165) is 12.8 Å². The number of nitrogens with zero attached hydrogens (tertiary/aromatic N) is 1. The molecule has 1 unspecified atom stereocenters. The maximum absolute atomic E-state index is 12.4. The van der Waals surface area contributed by atoms with E-state index < -0.39 is 9.84 Å². The summed E-state index contributed by atoms with van der Waals surface area (Å²) in [6.07, 6.45) is 8.24. The number of terminal acetylenes is 1. The van der Waals surface area contributed by atoms with Crippen LogP contribution < -0.4 is 0 Å². The highest BCUT2D eigenvalue weighted by Gasteiger charge is 2.27. The average Bonchev–Trinajstić information content (AvgIpc) is 3.06. The molecule has 0 fully saturated rings. The number of fused-ring (bicyclic) bond motifs is 1. The topological polar surface area (TPSA) is 37.4 Å². The predicted octanol–water partition coefficient (Wildman–Crippen LogP) is 3.47. The Kier molecular flexibility index (Phi) is 5.57. The Balaban J connectivity index is 1.65. The van der Waals surface area contributed by atoms with Gasteiger partial charge in [-0.2, -0.15) is 0 Å². The number of sulfone groups is 1. The van der Waals surface area contributed by atoms with Crippen LogP contribution in [0.15, 0.2) is 59.5 Å². The fraction of sp³-hybridized carbons (Fsp3) is 0.333. The Morgan fingerprint density at radius 1 is 1.08 bits per heavy atom. The average molecular weight is 353 g/mol. The molecule has 0 amide bonds. The summed E-state index contributed by atoms with van der Waals surface area (Å²) in [5, 5.41) is 0. The van der Waals surface area contributed by atoms with Crippen molar-refractivity contribution in [3.05, 3.63) is 65.7 Å². The van der Waals surface area contributed by atoms with Crippen molar-refractivity contribution in [3.8, 4) is 12.3 Å². The maximum Gasteiger partial charge on any atom is 0.178 e. The Hall–Kier alpha value is -2.09. The van der Waals surface area contributed by atoms with Crippen LogP contribution in [0.4, 0.5) is 0 Å². The van der Waals surface area contributed by atoms with E-state index in [1.165, 1.54) is 11.1 Å². The molecule has 0 radical (unpaired) electrons. The fourth-order valence-corrected chi connectivity index (χ4v) is 4.90. The van der Waals surface area contributed by atoms with Gasteiger partial charge in [-0.3, -0.25) is 4.90 Å². The Labute approximate surface area is 150 Å². The van der Waals surface area contributed by atoms with Crippen LogP contribution >= 0.6 is 0 Å². The lowest BCUT2D eigenvalue weighted by Gasteiger charge is -2.27. The molecule has 0 spiro atoms. The van der Waals surface area contributed by atoms with Crippen LogP contribution in [0.1, 0.15) is 30.0 Å². The summed E-state index contributed by atoms with van der Waals surface area (Å²) in [6, 6.07) is 17.4. The highest BCUT2D eigenvalue weighted by atomic mass is 32.2. The molecule has 2 aromatic rings. The van der Waals surface area contributed by atoms with Gasteiger partial charge >= 0.3 is 0 Å². The summed E-state index contributed by atoms with van der Waals surface area (Å²) in [6.45, 7) is 1.24. The van der Waals surface area contributed by atoms with Gasteiger partial charge in [0, 0.05) is 12.6 Å². The normalized spacial score (nSPS) is 16.6. The van der Waals surface area contributed by atoms with Gasteiger partial charge in [-0.05, 0) is 42.5 Å². The lowest BCUT2D eigenvalue weighted by Crippen LogP contribution is -2.30. The van der Waals surface area contributed by atoms with Gasteiger partial charge in [0.1, 0.15) is 0 Å². The molecular formula is C21H23NO2S. The van der Waals surface area contributed by atoms with Crippen LogP contribution in [-0.2, 0) is 16.3 Å². The van der Waals surface area contributed by atoms with Crippen molar-refractivity contribution in [2.75, 3.05) is 18.8 Å². The minimum Gasteiger partial charge on any atom is -0.285 e. The van der Waals surface area contributed by atoms with Crippen LogP contribution in [0.25, 0.3) is 0 Å². The third-order valence-electron chi connectivity index (χ3n) is 4.80. The second-order valence-electron chi connectivity index (χ2n) is 6.41. The highest BCUT2D eigenvalue weighted by Crippen LogP contribution is 2.35. The molecule has 0 N–H and O–H groups in total. The molecular weight excluding hydrogens is 330 g/mol.